The van der Waals surface area contributed by atoms with Crippen LogP contribution in [-0.2, 0) is 35.1 Å². The number of hydrogen-bond donors (Lipinski definition) is 3. The van der Waals surface area contributed by atoms with Crippen LogP contribution in [0.5, 0.6) is 5.75 Å². The van der Waals surface area contributed by atoms with Crippen molar-refractivity contribution in [1.29, 1.82) is 0 Å². The van der Waals surface area contributed by atoms with Gasteiger partial charge in [-0.25, -0.2) is 0 Å². The first kappa shape index (κ1) is 29.7. The first-order chi connectivity index (χ1) is 19.1. The second-order valence-corrected chi connectivity index (χ2v) is 11.7. The lowest BCUT2D eigenvalue weighted by molar-refractivity contribution is -0.135. The van der Waals surface area contributed by atoms with E-state index in [1.807, 2.05) is 12.1 Å². The normalized spacial score (nSPS) is 24.5. The Morgan fingerprint density at radius 3 is 2.38 bits per heavy atom. The lowest BCUT2D eigenvalue weighted by Gasteiger charge is -2.26. The third kappa shape index (κ3) is 7.68. The summed E-state index contributed by atoms with van der Waals surface area (Å²) in [7, 11) is 1.57. The van der Waals surface area contributed by atoms with E-state index in [1.54, 1.807) is 33.1 Å². The Bertz CT molecular complexity index is 1110. The third-order valence-corrected chi connectivity index (χ3v) is 8.42. The summed E-state index contributed by atoms with van der Waals surface area (Å²) in [6, 6.07) is 5.77. The highest BCUT2D eigenvalue weighted by Gasteiger charge is 2.50. The van der Waals surface area contributed by atoms with Gasteiger partial charge in [-0.1, -0.05) is 37.8 Å². The molecule has 0 radical (unpaired) electrons. The zero-order valence-electron chi connectivity index (χ0n) is 23.6. The van der Waals surface area contributed by atoms with Crippen molar-refractivity contribution in [3.8, 4) is 5.75 Å². The van der Waals surface area contributed by atoms with Gasteiger partial charge in [-0.15, -0.1) is 0 Å². The van der Waals surface area contributed by atoms with E-state index in [4.69, 9.17) is 9.47 Å². The van der Waals surface area contributed by atoms with Crippen LogP contribution in [-0.4, -0.2) is 67.2 Å². The number of hydrogen-bond acceptors (Lipinski definition) is 7. The maximum atomic E-state index is 13.7. The van der Waals surface area contributed by atoms with Gasteiger partial charge in [0.25, 0.3) is 0 Å². The van der Waals surface area contributed by atoms with Crippen LogP contribution in [0.3, 0.4) is 0 Å². The van der Waals surface area contributed by atoms with Gasteiger partial charge in [0.1, 0.15) is 11.4 Å². The molecule has 1 aliphatic carbocycles. The molecule has 5 unspecified atom stereocenters. The number of carbonyl (C=O) groups excluding carboxylic acids is 5. The Morgan fingerprint density at radius 1 is 1.12 bits per heavy atom. The van der Waals surface area contributed by atoms with Crippen LogP contribution in [0.1, 0.15) is 64.4 Å². The fourth-order valence-corrected chi connectivity index (χ4v) is 5.65. The van der Waals surface area contributed by atoms with Crippen LogP contribution < -0.4 is 20.7 Å². The number of nitrogens with one attached hydrogen (secondary N) is 3. The van der Waals surface area contributed by atoms with Gasteiger partial charge < -0.3 is 25.4 Å². The topological polar surface area (TPSA) is 143 Å². The lowest BCUT2D eigenvalue weighted by atomic mass is 9.88. The minimum absolute atomic E-state index is 0.0916. The fourth-order valence-electron chi connectivity index (χ4n) is 5.65. The quantitative estimate of drug-likeness (QED) is 0.298. The van der Waals surface area contributed by atoms with E-state index >= 15 is 0 Å². The van der Waals surface area contributed by atoms with Crippen molar-refractivity contribution in [3.63, 3.8) is 0 Å². The first-order valence-electron chi connectivity index (χ1n) is 14.3. The van der Waals surface area contributed by atoms with Gasteiger partial charge in [0.05, 0.1) is 31.7 Å². The molecule has 40 heavy (non-hydrogen) atoms. The standard InChI is InChI=1S/C30H41N3O7/c1-18(32-29(38)22-15-26(35)31-16-22)25(34)14-21(12-20-8-10-23(39-3)11-9-20)28(37)33-24(13-19-6-4-5-7-19)27(36)30(2)17-40-30/h8-11,18-19,21-22,24H,4-7,12-17H2,1-3H3,(H,31,35)(H,32,38)(H,33,37). The molecule has 10 nitrogen and oxygen atoms in total. The van der Waals surface area contributed by atoms with Gasteiger partial charge in [-0.3, -0.25) is 24.0 Å². The Kier molecular flexibility index (Phi) is 9.60. The number of rotatable bonds is 14. The van der Waals surface area contributed by atoms with Gasteiger partial charge in [0, 0.05) is 25.3 Å². The number of amides is 3. The molecular weight excluding hydrogens is 514 g/mol. The summed E-state index contributed by atoms with van der Waals surface area (Å²) in [6.45, 7) is 3.92. The molecule has 1 saturated carbocycles. The summed E-state index contributed by atoms with van der Waals surface area (Å²) in [6.07, 6.45) is 5.13. The van der Waals surface area contributed by atoms with Crippen molar-refractivity contribution in [2.24, 2.45) is 17.8 Å². The molecule has 1 aromatic rings. The molecule has 4 rings (SSSR count). The molecule has 3 aliphatic rings. The van der Waals surface area contributed by atoms with Gasteiger partial charge in [-0.2, -0.15) is 0 Å². The Balaban J connectivity index is 1.46. The highest BCUT2D eigenvalue weighted by atomic mass is 16.6. The molecule has 1 aromatic carbocycles. The summed E-state index contributed by atoms with van der Waals surface area (Å²) < 4.78 is 10.6. The van der Waals surface area contributed by atoms with Crippen LogP contribution in [0.4, 0.5) is 0 Å². The number of Topliss-reactive ketones (excluding diaryl/α,β-unsaturated/α-hetero) is 2. The minimum Gasteiger partial charge on any atom is -0.497 e. The number of methoxy groups -OCH3 is 1. The average molecular weight is 556 g/mol. The first-order valence-corrected chi connectivity index (χ1v) is 14.3. The summed E-state index contributed by atoms with van der Waals surface area (Å²) >= 11 is 0. The highest BCUT2D eigenvalue weighted by Crippen LogP contribution is 2.34. The van der Waals surface area contributed by atoms with Crippen molar-refractivity contribution in [2.45, 2.75) is 82.9 Å². The molecule has 0 aromatic heterocycles. The summed E-state index contributed by atoms with van der Waals surface area (Å²) in [4.78, 5) is 64.3. The molecule has 3 fully saturated rings. The summed E-state index contributed by atoms with van der Waals surface area (Å²) in [5.41, 5.74) is -0.0234. The van der Waals surface area contributed by atoms with Crippen molar-refractivity contribution in [1.82, 2.24) is 16.0 Å². The van der Waals surface area contributed by atoms with Gasteiger partial charge >= 0.3 is 0 Å². The number of ether oxygens (including phenoxy) is 2. The van der Waals surface area contributed by atoms with Crippen molar-refractivity contribution in [2.75, 3.05) is 20.3 Å². The molecule has 5 atom stereocenters. The number of epoxide rings is 1. The van der Waals surface area contributed by atoms with Crippen molar-refractivity contribution in [3.05, 3.63) is 29.8 Å². The second kappa shape index (κ2) is 12.9. The van der Waals surface area contributed by atoms with Crippen molar-refractivity contribution < 1.29 is 33.4 Å². The zero-order valence-corrected chi connectivity index (χ0v) is 23.6. The number of benzene rings is 1. The van der Waals surface area contributed by atoms with E-state index in [0.29, 0.717) is 24.7 Å². The molecule has 0 bridgehead atoms. The third-order valence-electron chi connectivity index (χ3n) is 8.42. The van der Waals surface area contributed by atoms with Crippen LogP contribution in [0.25, 0.3) is 0 Å². The van der Waals surface area contributed by atoms with E-state index in [-0.39, 0.29) is 55.1 Å². The van der Waals surface area contributed by atoms with E-state index in [1.165, 1.54) is 0 Å². The molecule has 3 amide bonds. The summed E-state index contributed by atoms with van der Waals surface area (Å²) in [5.74, 6) is -1.57. The highest BCUT2D eigenvalue weighted by molar-refractivity contribution is 5.98. The lowest BCUT2D eigenvalue weighted by Crippen LogP contribution is -2.50. The molecule has 10 heteroatoms. The maximum absolute atomic E-state index is 13.7. The Morgan fingerprint density at radius 2 is 1.80 bits per heavy atom. The van der Waals surface area contributed by atoms with Crippen LogP contribution in [0, 0.1) is 17.8 Å². The van der Waals surface area contributed by atoms with Gasteiger partial charge in [-0.05, 0) is 50.3 Å². The average Bonchev–Trinajstić information content (AvgIpc) is 3.28. The predicted molar refractivity (Wildman–Crippen MR) is 146 cm³/mol. The monoisotopic (exact) mass is 555 g/mol. The predicted octanol–water partition coefficient (Wildman–Crippen LogP) is 1.88. The molecule has 3 N–H and O–H groups in total. The van der Waals surface area contributed by atoms with Gasteiger partial charge in [0.15, 0.2) is 11.6 Å². The number of carbonyl (C=O) groups is 5. The van der Waals surface area contributed by atoms with E-state index < -0.39 is 29.5 Å². The zero-order chi connectivity index (χ0) is 28.9. The van der Waals surface area contributed by atoms with Crippen molar-refractivity contribution >= 4 is 29.3 Å². The molecular formula is C30H41N3O7. The van der Waals surface area contributed by atoms with E-state index in [9.17, 15) is 24.0 Å². The van der Waals surface area contributed by atoms with E-state index in [0.717, 1.165) is 31.2 Å². The van der Waals surface area contributed by atoms with E-state index in [2.05, 4.69) is 16.0 Å². The fraction of sp³-hybridized carbons (Fsp3) is 0.633. The smallest absolute Gasteiger partial charge is 0.225 e. The molecule has 2 heterocycles. The number of ketones is 2. The Labute approximate surface area is 235 Å². The minimum atomic E-state index is -0.868. The molecule has 2 aliphatic heterocycles. The molecule has 218 valence electrons. The molecule has 2 saturated heterocycles. The largest absolute Gasteiger partial charge is 0.497 e. The second-order valence-electron chi connectivity index (χ2n) is 11.7. The maximum Gasteiger partial charge on any atom is 0.225 e. The summed E-state index contributed by atoms with van der Waals surface area (Å²) in [5, 5.41) is 8.31. The van der Waals surface area contributed by atoms with Crippen LogP contribution in [0.2, 0.25) is 0 Å². The molecule has 0 spiro atoms. The SMILES string of the molecule is COc1ccc(CC(CC(=O)C(C)NC(=O)C2CNC(=O)C2)C(=O)NC(CC2CCCC2)C(=O)C2(C)CO2)cc1. The van der Waals surface area contributed by atoms with Gasteiger partial charge in [0.2, 0.25) is 17.7 Å². The van der Waals surface area contributed by atoms with Crippen LogP contribution in [0.15, 0.2) is 24.3 Å². The Hall–Kier alpha value is -3.27. The van der Waals surface area contributed by atoms with Crippen LogP contribution >= 0.6 is 0 Å².